The fraction of sp³-hybridized carbons (Fsp3) is 1.00. The molecule has 0 fully saturated rings. The van der Waals surface area contributed by atoms with Gasteiger partial charge in [0.05, 0.1) is 0 Å². The molecule has 0 N–H and O–H groups in total. The SMILES string of the molecule is C[C@@H](CI)CCO[Si](C)(C)C(C)(C)C. The van der Waals surface area contributed by atoms with E-state index in [-0.39, 0.29) is 0 Å². The van der Waals surface area contributed by atoms with Gasteiger partial charge in [-0.2, -0.15) is 0 Å². The van der Waals surface area contributed by atoms with Crippen molar-refractivity contribution in [2.45, 2.75) is 52.2 Å². The van der Waals surface area contributed by atoms with E-state index in [4.69, 9.17) is 4.43 Å². The molecule has 0 heterocycles. The Labute approximate surface area is 104 Å². The average Bonchev–Trinajstić information content (AvgIpc) is 2.01. The maximum Gasteiger partial charge on any atom is 0.191 e. The zero-order valence-corrected chi connectivity index (χ0v) is 13.6. The number of alkyl halides is 1. The summed E-state index contributed by atoms with van der Waals surface area (Å²) >= 11 is 2.45. The highest BCUT2D eigenvalue weighted by atomic mass is 127. The Bertz CT molecular complexity index is 163. The molecular weight excluding hydrogens is 303 g/mol. The molecule has 0 aromatic carbocycles. The van der Waals surface area contributed by atoms with Crippen LogP contribution in [-0.2, 0) is 4.43 Å². The third-order valence-electron chi connectivity index (χ3n) is 3.14. The molecule has 0 unspecified atom stereocenters. The van der Waals surface area contributed by atoms with E-state index in [1.807, 2.05) is 0 Å². The van der Waals surface area contributed by atoms with Gasteiger partial charge in [-0.25, -0.2) is 0 Å². The van der Waals surface area contributed by atoms with Crippen LogP contribution in [-0.4, -0.2) is 19.4 Å². The highest BCUT2D eigenvalue weighted by Crippen LogP contribution is 2.36. The maximum atomic E-state index is 6.10. The summed E-state index contributed by atoms with van der Waals surface area (Å²) in [6.07, 6.45) is 1.20. The summed E-state index contributed by atoms with van der Waals surface area (Å²) < 4.78 is 7.34. The summed E-state index contributed by atoms with van der Waals surface area (Å²) in [6, 6.07) is 0. The third-order valence-corrected chi connectivity index (χ3v) is 9.18. The molecule has 0 saturated carbocycles. The Hall–Kier alpha value is 0.907. The van der Waals surface area contributed by atoms with Crippen LogP contribution in [0.1, 0.15) is 34.1 Å². The molecule has 0 bridgehead atoms. The molecule has 0 radical (unpaired) electrons. The Balaban J connectivity index is 3.89. The van der Waals surface area contributed by atoms with Crippen molar-refractivity contribution in [3.63, 3.8) is 0 Å². The van der Waals surface area contributed by atoms with Crippen LogP contribution in [0.2, 0.25) is 18.1 Å². The molecule has 1 atom stereocenters. The number of rotatable bonds is 5. The van der Waals surface area contributed by atoms with Crippen LogP contribution in [0.5, 0.6) is 0 Å². The fourth-order valence-corrected chi connectivity index (χ4v) is 2.31. The smallest absolute Gasteiger partial charge is 0.191 e. The van der Waals surface area contributed by atoms with Crippen LogP contribution in [0.15, 0.2) is 0 Å². The van der Waals surface area contributed by atoms with E-state index in [0.29, 0.717) is 5.04 Å². The minimum absolute atomic E-state index is 0.348. The molecule has 0 aliphatic carbocycles. The van der Waals surface area contributed by atoms with Crippen molar-refractivity contribution < 1.29 is 4.43 Å². The van der Waals surface area contributed by atoms with Crippen molar-refractivity contribution in [2.24, 2.45) is 5.92 Å². The van der Waals surface area contributed by atoms with Gasteiger partial charge in [-0.3, -0.25) is 0 Å². The number of hydrogen-bond donors (Lipinski definition) is 0. The van der Waals surface area contributed by atoms with E-state index in [1.165, 1.54) is 10.8 Å². The number of halogens is 1. The summed E-state index contributed by atoms with van der Waals surface area (Å²) in [5.41, 5.74) is 0. The highest BCUT2D eigenvalue weighted by molar-refractivity contribution is 14.1. The lowest BCUT2D eigenvalue weighted by molar-refractivity contribution is 0.266. The van der Waals surface area contributed by atoms with Crippen molar-refractivity contribution in [1.29, 1.82) is 0 Å². The summed E-state index contributed by atoms with van der Waals surface area (Å²) in [5, 5.41) is 0.348. The van der Waals surface area contributed by atoms with Crippen LogP contribution in [0.4, 0.5) is 0 Å². The van der Waals surface area contributed by atoms with Gasteiger partial charge < -0.3 is 4.43 Å². The fourth-order valence-electron chi connectivity index (χ4n) is 0.809. The van der Waals surface area contributed by atoms with Crippen LogP contribution in [0, 0.1) is 5.92 Å². The average molecular weight is 328 g/mol. The predicted molar refractivity (Wildman–Crippen MR) is 75.8 cm³/mol. The molecular formula is C11H25IOSi. The van der Waals surface area contributed by atoms with Gasteiger partial charge in [0.2, 0.25) is 0 Å². The quantitative estimate of drug-likeness (QED) is 0.411. The predicted octanol–water partition coefficient (Wildman–Crippen LogP) is 4.47. The lowest BCUT2D eigenvalue weighted by Crippen LogP contribution is -2.41. The van der Waals surface area contributed by atoms with E-state index >= 15 is 0 Å². The summed E-state index contributed by atoms with van der Waals surface area (Å²) in [6.45, 7) is 14.8. The van der Waals surface area contributed by atoms with Gasteiger partial charge in [0, 0.05) is 11.0 Å². The van der Waals surface area contributed by atoms with Crippen molar-refractivity contribution in [1.82, 2.24) is 0 Å². The summed E-state index contributed by atoms with van der Waals surface area (Å²) in [5.74, 6) is 0.792. The van der Waals surface area contributed by atoms with Crippen molar-refractivity contribution >= 4 is 30.9 Å². The van der Waals surface area contributed by atoms with E-state index in [0.717, 1.165) is 12.5 Å². The molecule has 0 aliphatic rings. The van der Waals surface area contributed by atoms with Crippen molar-refractivity contribution in [3.05, 3.63) is 0 Å². The third kappa shape index (κ3) is 5.12. The van der Waals surface area contributed by atoms with Gasteiger partial charge in [0.25, 0.3) is 0 Å². The van der Waals surface area contributed by atoms with E-state index in [9.17, 15) is 0 Å². The monoisotopic (exact) mass is 328 g/mol. The maximum absolute atomic E-state index is 6.10. The lowest BCUT2D eigenvalue weighted by atomic mass is 10.1. The molecule has 0 aliphatic heterocycles. The molecule has 86 valence electrons. The molecule has 0 aromatic rings. The van der Waals surface area contributed by atoms with E-state index < -0.39 is 8.32 Å². The van der Waals surface area contributed by atoms with Crippen molar-refractivity contribution in [3.8, 4) is 0 Å². The minimum atomic E-state index is -1.49. The second kappa shape index (κ2) is 5.85. The van der Waals surface area contributed by atoms with Gasteiger partial charge in [-0.1, -0.05) is 50.3 Å². The first-order valence-electron chi connectivity index (χ1n) is 5.40. The Morgan fingerprint density at radius 1 is 1.29 bits per heavy atom. The topological polar surface area (TPSA) is 9.23 Å². The lowest BCUT2D eigenvalue weighted by Gasteiger charge is -2.36. The molecule has 0 amide bonds. The second-order valence-corrected chi connectivity index (χ2v) is 11.3. The summed E-state index contributed by atoms with van der Waals surface area (Å²) in [4.78, 5) is 0. The molecule has 0 aromatic heterocycles. The van der Waals surface area contributed by atoms with Gasteiger partial charge in [-0.15, -0.1) is 0 Å². The first-order valence-corrected chi connectivity index (χ1v) is 9.84. The van der Waals surface area contributed by atoms with Crippen molar-refractivity contribution in [2.75, 3.05) is 11.0 Å². The zero-order chi connectivity index (χ0) is 11.4. The first-order chi connectivity index (χ1) is 6.20. The van der Waals surface area contributed by atoms with Crippen LogP contribution >= 0.6 is 22.6 Å². The first kappa shape index (κ1) is 14.9. The van der Waals surface area contributed by atoms with Gasteiger partial charge in [0.1, 0.15) is 0 Å². The van der Waals surface area contributed by atoms with E-state index in [1.54, 1.807) is 0 Å². The Morgan fingerprint density at radius 3 is 2.14 bits per heavy atom. The largest absolute Gasteiger partial charge is 0.417 e. The zero-order valence-electron chi connectivity index (χ0n) is 10.5. The van der Waals surface area contributed by atoms with Crippen LogP contribution in [0.3, 0.4) is 0 Å². The molecule has 14 heavy (non-hydrogen) atoms. The molecule has 3 heteroatoms. The normalized spacial score (nSPS) is 15.6. The molecule has 0 rings (SSSR count). The van der Waals surface area contributed by atoms with Crippen LogP contribution < -0.4 is 0 Å². The molecule has 1 nitrogen and oxygen atoms in total. The summed E-state index contributed by atoms with van der Waals surface area (Å²) in [7, 11) is -1.49. The van der Waals surface area contributed by atoms with Gasteiger partial charge in [0.15, 0.2) is 8.32 Å². The number of hydrogen-bond acceptors (Lipinski definition) is 1. The highest BCUT2D eigenvalue weighted by Gasteiger charge is 2.36. The van der Waals surface area contributed by atoms with Gasteiger partial charge >= 0.3 is 0 Å². The van der Waals surface area contributed by atoms with E-state index in [2.05, 4.69) is 63.4 Å². The van der Waals surface area contributed by atoms with Gasteiger partial charge in [-0.05, 0) is 30.5 Å². The Morgan fingerprint density at radius 2 is 1.79 bits per heavy atom. The van der Waals surface area contributed by atoms with Crippen LogP contribution in [0.25, 0.3) is 0 Å². The molecule has 0 spiro atoms. The second-order valence-electron chi connectivity index (χ2n) is 5.66. The Kier molecular flexibility index (Phi) is 6.22. The minimum Gasteiger partial charge on any atom is -0.417 e. The standard InChI is InChI=1S/C11H25IOSi/c1-10(9-12)7-8-13-14(5,6)11(2,3)4/h10H,7-9H2,1-6H3/t10-/m1/s1. The molecule has 0 saturated heterocycles.